The van der Waals surface area contributed by atoms with E-state index in [0.717, 1.165) is 29.2 Å². The molecule has 1 aromatic carbocycles. The van der Waals surface area contributed by atoms with Crippen LogP contribution in [0.3, 0.4) is 0 Å². The summed E-state index contributed by atoms with van der Waals surface area (Å²) in [5.74, 6) is -0.249. The summed E-state index contributed by atoms with van der Waals surface area (Å²) in [4.78, 5) is 36.9. The summed E-state index contributed by atoms with van der Waals surface area (Å²) >= 11 is 1.41. The number of hydrogen-bond acceptors (Lipinski definition) is 7. The third-order valence-corrected chi connectivity index (χ3v) is 6.01. The first-order valence-corrected chi connectivity index (χ1v) is 11.3. The molecule has 168 valence electrons. The Bertz CT molecular complexity index is 1230. The predicted octanol–water partition coefficient (Wildman–Crippen LogP) is 3.75. The number of urea groups is 1. The van der Waals surface area contributed by atoms with Crippen LogP contribution < -0.4 is 20.9 Å². The zero-order valence-electron chi connectivity index (χ0n) is 18.3. The maximum atomic E-state index is 12.6. The van der Waals surface area contributed by atoms with Crippen molar-refractivity contribution in [2.75, 3.05) is 22.1 Å². The Balaban J connectivity index is 1.43. The maximum absolute atomic E-state index is 12.6. The monoisotopic (exact) mass is 461 g/mol. The fourth-order valence-electron chi connectivity index (χ4n) is 3.51. The molecule has 3 heterocycles. The van der Waals surface area contributed by atoms with E-state index in [2.05, 4.69) is 36.9 Å². The molecule has 0 radical (unpaired) electrons. The summed E-state index contributed by atoms with van der Waals surface area (Å²) in [6.07, 6.45) is 4.01. The lowest BCUT2D eigenvalue weighted by atomic mass is 10.1. The lowest BCUT2D eigenvalue weighted by Gasteiger charge is -2.27. The Morgan fingerprint density at radius 2 is 2.03 bits per heavy atom. The molecule has 0 unspecified atom stereocenters. The molecule has 0 atom stereocenters. The van der Waals surface area contributed by atoms with E-state index in [9.17, 15) is 9.59 Å². The van der Waals surface area contributed by atoms with Crippen LogP contribution >= 0.6 is 11.3 Å². The second kappa shape index (κ2) is 9.67. The number of amides is 3. The Kier molecular flexibility index (Phi) is 6.51. The van der Waals surface area contributed by atoms with E-state index in [-0.39, 0.29) is 11.9 Å². The van der Waals surface area contributed by atoms with Gasteiger partial charge in [0.15, 0.2) is 5.13 Å². The van der Waals surface area contributed by atoms with Gasteiger partial charge in [-0.15, -0.1) is 0 Å². The first kappa shape index (κ1) is 22.2. The summed E-state index contributed by atoms with van der Waals surface area (Å²) in [6, 6.07) is 10.3. The fourth-order valence-corrected chi connectivity index (χ4v) is 4.53. The molecule has 3 aromatic rings. The zero-order valence-corrected chi connectivity index (χ0v) is 19.1. The van der Waals surface area contributed by atoms with Crippen LogP contribution in [0, 0.1) is 11.3 Å². The number of nitriles is 1. The quantitative estimate of drug-likeness (QED) is 0.532. The Morgan fingerprint density at radius 1 is 1.21 bits per heavy atom. The Labute approximate surface area is 195 Å². The number of thiazole rings is 1. The molecule has 1 aliphatic heterocycles. The van der Waals surface area contributed by atoms with Crippen LogP contribution in [0.15, 0.2) is 42.7 Å². The Hall–Kier alpha value is -3.97. The number of fused-ring (bicyclic) bond motifs is 1. The second-order valence-electron chi connectivity index (χ2n) is 7.86. The number of nitrogens with one attached hydrogen (secondary N) is 3. The van der Waals surface area contributed by atoms with Crippen molar-refractivity contribution >= 4 is 39.8 Å². The number of nitrogens with zero attached hydrogens (tertiary/aromatic N) is 4. The van der Waals surface area contributed by atoms with Gasteiger partial charge in [0.05, 0.1) is 40.9 Å². The van der Waals surface area contributed by atoms with Crippen LogP contribution in [-0.4, -0.2) is 34.5 Å². The number of pyridine rings is 1. The third kappa shape index (κ3) is 5.27. The van der Waals surface area contributed by atoms with Crippen molar-refractivity contribution in [2.45, 2.75) is 32.9 Å². The van der Waals surface area contributed by atoms with Gasteiger partial charge in [0.2, 0.25) is 0 Å². The third-order valence-electron chi connectivity index (χ3n) is 5.01. The molecular weight excluding hydrogens is 438 g/mol. The lowest BCUT2D eigenvalue weighted by molar-refractivity contribution is 0.0944. The number of aromatic nitrogens is 2. The van der Waals surface area contributed by atoms with Gasteiger partial charge in [-0.2, -0.15) is 5.26 Å². The predicted molar refractivity (Wildman–Crippen MR) is 128 cm³/mol. The van der Waals surface area contributed by atoms with Gasteiger partial charge in [-0.1, -0.05) is 23.5 Å². The van der Waals surface area contributed by atoms with E-state index in [1.807, 2.05) is 19.9 Å². The molecule has 0 saturated carbocycles. The minimum atomic E-state index is -0.464. The number of anilines is 3. The van der Waals surface area contributed by atoms with Crippen LogP contribution in [0.4, 0.5) is 21.3 Å². The SMILES string of the molecule is CC(C)NC(=O)c1ccccc1NC(=O)Nc1nc2c(s1)CN(c1cncc(C#N)c1)CC2. The van der Waals surface area contributed by atoms with E-state index in [1.54, 1.807) is 30.5 Å². The normalized spacial score (nSPS) is 12.6. The molecule has 0 saturated heterocycles. The molecule has 9 nitrogen and oxygen atoms in total. The number of rotatable bonds is 5. The molecule has 3 amide bonds. The standard InChI is InChI=1S/C23H23N7O2S/c1-14(2)26-21(31)17-5-3-4-6-18(17)27-22(32)29-23-28-19-7-8-30(13-20(19)33-23)16-9-15(10-24)11-25-12-16/h3-6,9,11-12,14H,7-8,13H2,1-2H3,(H,26,31)(H2,27,28,29,32). The molecule has 2 aromatic heterocycles. The number of benzene rings is 1. The van der Waals surface area contributed by atoms with Gasteiger partial charge in [0.25, 0.3) is 5.91 Å². The first-order valence-electron chi connectivity index (χ1n) is 10.5. The van der Waals surface area contributed by atoms with Gasteiger partial charge in [-0.05, 0) is 32.0 Å². The molecular formula is C23H23N7O2S. The van der Waals surface area contributed by atoms with Gasteiger partial charge >= 0.3 is 6.03 Å². The van der Waals surface area contributed by atoms with Gasteiger partial charge in [0.1, 0.15) is 6.07 Å². The summed E-state index contributed by atoms with van der Waals surface area (Å²) in [7, 11) is 0. The molecule has 33 heavy (non-hydrogen) atoms. The minimum absolute atomic E-state index is 0.0151. The van der Waals surface area contributed by atoms with Crippen molar-refractivity contribution < 1.29 is 9.59 Å². The molecule has 0 aliphatic carbocycles. The largest absolute Gasteiger partial charge is 0.365 e. The minimum Gasteiger partial charge on any atom is -0.365 e. The van der Waals surface area contributed by atoms with Gasteiger partial charge in [0, 0.05) is 30.1 Å². The van der Waals surface area contributed by atoms with Crippen LogP contribution in [0.5, 0.6) is 0 Å². The van der Waals surface area contributed by atoms with Crippen molar-refractivity contribution in [3.05, 3.63) is 64.4 Å². The highest BCUT2D eigenvalue weighted by Gasteiger charge is 2.22. The average molecular weight is 462 g/mol. The second-order valence-corrected chi connectivity index (χ2v) is 8.94. The zero-order chi connectivity index (χ0) is 23.4. The van der Waals surface area contributed by atoms with Crippen LogP contribution in [-0.2, 0) is 13.0 Å². The average Bonchev–Trinajstić information content (AvgIpc) is 3.20. The Morgan fingerprint density at radius 3 is 2.82 bits per heavy atom. The number of carbonyl (C=O) groups excluding carboxylic acids is 2. The van der Waals surface area contributed by atoms with Crippen molar-refractivity contribution in [1.82, 2.24) is 15.3 Å². The summed E-state index contributed by atoms with van der Waals surface area (Å²) in [6.45, 7) is 5.13. The molecule has 3 N–H and O–H groups in total. The fraction of sp³-hybridized carbons (Fsp3) is 0.261. The summed E-state index contributed by atoms with van der Waals surface area (Å²) < 4.78 is 0. The van der Waals surface area contributed by atoms with Crippen molar-refractivity contribution in [3.63, 3.8) is 0 Å². The van der Waals surface area contributed by atoms with Gasteiger partial charge in [-0.3, -0.25) is 15.1 Å². The van der Waals surface area contributed by atoms with Crippen molar-refractivity contribution in [2.24, 2.45) is 0 Å². The molecule has 0 bridgehead atoms. The van der Waals surface area contributed by atoms with Crippen LogP contribution in [0.2, 0.25) is 0 Å². The molecule has 4 rings (SSSR count). The highest BCUT2D eigenvalue weighted by Crippen LogP contribution is 2.31. The van der Waals surface area contributed by atoms with Crippen molar-refractivity contribution in [3.8, 4) is 6.07 Å². The number of para-hydroxylation sites is 1. The summed E-state index contributed by atoms with van der Waals surface area (Å²) in [5.41, 5.74) is 3.17. The molecule has 1 aliphatic rings. The van der Waals surface area contributed by atoms with Gasteiger partial charge in [-0.25, -0.2) is 9.78 Å². The smallest absolute Gasteiger partial charge is 0.325 e. The highest BCUT2D eigenvalue weighted by atomic mass is 32.1. The lowest BCUT2D eigenvalue weighted by Crippen LogP contribution is -2.31. The van der Waals surface area contributed by atoms with E-state index in [4.69, 9.17) is 5.26 Å². The van der Waals surface area contributed by atoms with E-state index in [1.165, 1.54) is 17.5 Å². The van der Waals surface area contributed by atoms with E-state index in [0.29, 0.717) is 28.5 Å². The molecule has 0 spiro atoms. The van der Waals surface area contributed by atoms with Crippen molar-refractivity contribution in [1.29, 1.82) is 5.26 Å². The van der Waals surface area contributed by atoms with E-state index < -0.39 is 6.03 Å². The summed E-state index contributed by atoms with van der Waals surface area (Å²) in [5, 5.41) is 18.0. The highest BCUT2D eigenvalue weighted by molar-refractivity contribution is 7.15. The molecule has 10 heteroatoms. The van der Waals surface area contributed by atoms with Gasteiger partial charge < -0.3 is 15.5 Å². The maximum Gasteiger partial charge on any atom is 0.325 e. The number of carbonyl (C=O) groups is 2. The van der Waals surface area contributed by atoms with Crippen LogP contribution in [0.1, 0.15) is 40.3 Å². The van der Waals surface area contributed by atoms with E-state index >= 15 is 0 Å². The molecule has 0 fully saturated rings. The number of hydrogen-bond donors (Lipinski definition) is 3. The topological polar surface area (TPSA) is 123 Å². The van der Waals surface area contributed by atoms with Crippen LogP contribution in [0.25, 0.3) is 0 Å². The first-order chi connectivity index (χ1) is 15.9.